The Balaban J connectivity index is 1.40. The Morgan fingerprint density at radius 1 is 1.13 bits per heavy atom. The average Bonchev–Trinajstić information content (AvgIpc) is 3.37. The van der Waals surface area contributed by atoms with Gasteiger partial charge in [-0.1, -0.05) is 6.07 Å². The van der Waals surface area contributed by atoms with E-state index in [0.717, 1.165) is 35.6 Å². The molecule has 0 fully saturated rings. The molecule has 0 unspecified atom stereocenters. The zero-order chi connectivity index (χ0) is 21.4. The summed E-state index contributed by atoms with van der Waals surface area (Å²) in [6.07, 6.45) is 2.61. The standard InChI is InChI=1S/C23H22N6O2/c1-24-22(30)20-13-17(8-10-26-20)31-16-5-6-21-19(12-16)28-23(29(21)2)27-15-4-3-14-7-9-25-18(14)11-15/h3-6,8,10-13,25H,7,9H2,1-2H3,(H,24,30)(H,27,28). The normalized spacial score (nSPS) is 12.3. The smallest absolute Gasteiger partial charge is 0.269 e. The lowest BCUT2D eigenvalue weighted by Crippen LogP contribution is -2.18. The number of rotatable bonds is 5. The molecule has 3 N–H and O–H groups in total. The van der Waals surface area contributed by atoms with Crippen molar-refractivity contribution >= 4 is 34.3 Å². The van der Waals surface area contributed by atoms with Crippen LogP contribution in [0.15, 0.2) is 54.7 Å². The van der Waals surface area contributed by atoms with E-state index in [4.69, 9.17) is 9.72 Å². The minimum atomic E-state index is -0.261. The molecule has 1 aliphatic rings. The molecule has 31 heavy (non-hydrogen) atoms. The summed E-state index contributed by atoms with van der Waals surface area (Å²) in [5, 5.41) is 9.36. The molecule has 2 aromatic carbocycles. The van der Waals surface area contributed by atoms with Crippen molar-refractivity contribution in [3.05, 3.63) is 66.0 Å². The van der Waals surface area contributed by atoms with Gasteiger partial charge in [0.2, 0.25) is 5.95 Å². The molecule has 0 saturated carbocycles. The number of anilines is 3. The van der Waals surface area contributed by atoms with Crippen molar-refractivity contribution in [3.8, 4) is 11.5 Å². The van der Waals surface area contributed by atoms with E-state index in [9.17, 15) is 4.79 Å². The number of amides is 1. The minimum Gasteiger partial charge on any atom is -0.457 e. The zero-order valence-corrected chi connectivity index (χ0v) is 17.3. The number of nitrogens with one attached hydrogen (secondary N) is 3. The van der Waals surface area contributed by atoms with E-state index in [1.807, 2.05) is 29.8 Å². The van der Waals surface area contributed by atoms with Crippen LogP contribution in [0, 0.1) is 0 Å². The van der Waals surface area contributed by atoms with Crippen LogP contribution in [0.1, 0.15) is 16.1 Å². The van der Waals surface area contributed by atoms with E-state index in [1.165, 1.54) is 11.3 Å². The van der Waals surface area contributed by atoms with E-state index < -0.39 is 0 Å². The number of nitrogens with zero attached hydrogens (tertiary/aromatic N) is 3. The summed E-state index contributed by atoms with van der Waals surface area (Å²) in [6, 6.07) is 15.4. The molecule has 1 amide bonds. The summed E-state index contributed by atoms with van der Waals surface area (Å²) in [5.74, 6) is 1.65. The summed E-state index contributed by atoms with van der Waals surface area (Å²) >= 11 is 0. The van der Waals surface area contributed by atoms with Crippen molar-refractivity contribution in [2.75, 3.05) is 24.2 Å². The van der Waals surface area contributed by atoms with Crippen LogP contribution in [-0.4, -0.2) is 34.0 Å². The van der Waals surface area contributed by atoms with E-state index in [2.05, 4.69) is 39.1 Å². The molecule has 4 aromatic rings. The van der Waals surface area contributed by atoms with Crippen LogP contribution in [0.4, 0.5) is 17.3 Å². The molecule has 3 heterocycles. The fraction of sp³-hybridized carbons (Fsp3) is 0.174. The number of carbonyl (C=O) groups excluding carboxylic acids is 1. The highest BCUT2D eigenvalue weighted by atomic mass is 16.5. The van der Waals surface area contributed by atoms with E-state index in [0.29, 0.717) is 17.2 Å². The summed E-state index contributed by atoms with van der Waals surface area (Å²) in [4.78, 5) is 20.6. The van der Waals surface area contributed by atoms with E-state index in [-0.39, 0.29) is 5.91 Å². The van der Waals surface area contributed by atoms with Gasteiger partial charge in [-0.05, 0) is 42.3 Å². The molecule has 2 aromatic heterocycles. The van der Waals surface area contributed by atoms with Gasteiger partial charge in [-0.3, -0.25) is 9.78 Å². The number of pyridine rings is 1. The predicted molar refractivity (Wildman–Crippen MR) is 120 cm³/mol. The molecular weight excluding hydrogens is 392 g/mol. The Kier molecular flexibility index (Phi) is 4.66. The van der Waals surface area contributed by atoms with E-state index >= 15 is 0 Å². The van der Waals surface area contributed by atoms with Crippen LogP contribution in [-0.2, 0) is 13.5 Å². The summed E-state index contributed by atoms with van der Waals surface area (Å²) < 4.78 is 7.95. The highest BCUT2D eigenvalue weighted by Crippen LogP contribution is 2.30. The predicted octanol–water partition coefficient (Wildman–Crippen LogP) is 3.83. The van der Waals surface area contributed by atoms with Crippen molar-refractivity contribution in [2.24, 2.45) is 7.05 Å². The van der Waals surface area contributed by atoms with Gasteiger partial charge < -0.3 is 25.3 Å². The van der Waals surface area contributed by atoms with Gasteiger partial charge in [-0.25, -0.2) is 4.98 Å². The molecule has 0 bridgehead atoms. The minimum absolute atomic E-state index is 0.261. The molecule has 0 spiro atoms. The number of aryl methyl sites for hydroxylation is 1. The third kappa shape index (κ3) is 3.63. The lowest BCUT2D eigenvalue weighted by Gasteiger charge is -2.08. The van der Waals surface area contributed by atoms with Gasteiger partial charge in [0.1, 0.15) is 17.2 Å². The van der Waals surface area contributed by atoms with Crippen LogP contribution in [0.5, 0.6) is 11.5 Å². The lowest BCUT2D eigenvalue weighted by atomic mass is 10.1. The molecule has 1 aliphatic heterocycles. The van der Waals surface area contributed by atoms with Crippen LogP contribution in [0.3, 0.4) is 0 Å². The summed E-state index contributed by atoms with van der Waals surface area (Å²) in [6.45, 7) is 0.982. The highest BCUT2D eigenvalue weighted by molar-refractivity contribution is 5.92. The van der Waals surface area contributed by atoms with Crippen molar-refractivity contribution in [1.29, 1.82) is 0 Å². The second-order valence-electron chi connectivity index (χ2n) is 7.38. The molecule has 8 heteroatoms. The largest absolute Gasteiger partial charge is 0.457 e. The second kappa shape index (κ2) is 7.64. The number of fused-ring (bicyclic) bond motifs is 2. The van der Waals surface area contributed by atoms with Gasteiger partial charge in [0.25, 0.3) is 5.91 Å². The molecule has 0 aliphatic carbocycles. The number of benzene rings is 2. The fourth-order valence-corrected chi connectivity index (χ4v) is 3.72. The maximum atomic E-state index is 11.8. The molecular formula is C23H22N6O2. The third-order valence-electron chi connectivity index (χ3n) is 5.35. The van der Waals surface area contributed by atoms with Crippen LogP contribution in [0.25, 0.3) is 11.0 Å². The first-order valence-corrected chi connectivity index (χ1v) is 10.1. The first-order valence-electron chi connectivity index (χ1n) is 10.1. The number of aromatic nitrogens is 3. The van der Waals surface area contributed by atoms with Crippen molar-refractivity contribution in [2.45, 2.75) is 6.42 Å². The quantitative estimate of drug-likeness (QED) is 0.460. The number of ether oxygens (including phenoxy) is 1. The Hall–Kier alpha value is -4.07. The maximum Gasteiger partial charge on any atom is 0.269 e. The Labute approximate surface area is 179 Å². The van der Waals surface area contributed by atoms with E-state index in [1.54, 1.807) is 25.4 Å². The SMILES string of the molecule is CNC(=O)c1cc(Oc2ccc3c(c2)nc(Nc2ccc4c(c2)NCC4)n3C)ccn1. The Morgan fingerprint density at radius 2 is 2.00 bits per heavy atom. The molecule has 8 nitrogen and oxygen atoms in total. The summed E-state index contributed by atoms with van der Waals surface area (Å²) in [5.41, 5.74) is 5.59. The molecule has 0 radical (unpaired) electrons. The number of carbonyl (C=O) groups is 1. The van der Waals surface area contributed by atoms with Gasteiger partial charge in [0.05, 0.1) is 11.0 Å². The van der Waals surface area contributed by atoms with Crippen LogP contribution in [0.2, 0.25) is 0 Å². The van der Waals surface area contributed by atoms with Crippen LogP contribution >= 0.6 is 0 Å². The first-order chi connectivity index (χ1) is 15.1. The Morgan fingerprint density at radius 3 is 2.87 bits per heavy atom. The molecule has 156 valence electrons. The molecule has 5 rings (SSSR count). The van der Waals surface area contributed by atoms with Gasteiger partial charge in [0, 0.05) is 50.3 Å². The van der Waals surface area contributed by atoms with Gasteiger partial charge in [0.15, 0.2) is 0 Å². The Bertz CT molecular complexity index is 1300. The maximum absolute atomic E-state index is 11.8. The van der Waals surface area contributed by atoms with Crippen molar-refractivity contribution < 1.29 is 9.53 Å². The molecule has 0 atom stereocenters. The number of hydrogen-bond acceptors (Lipinski definition) is 6. The van der Waals surface area contributed by atoms with Gasteiger partial charge >= 0.3 is 0 Å². The topological polar surface area (TPSA) is 93.1 Å². The zero-order valence-electron chi connectivity index (χ0n) is 17.3. The van der Waals surface area contributed by atoms with Crippen molar-refractivity contribution in [1.82, 2.24) is 19.9 Å². The monoisotopic (exact) mass is 414 g/mol. The van der Waals surface area contributed by atoms with Gasteiger partial charge in [-0.15, -0.1) is 0 Å². The summed E-state index contributed by atoms with van der Waals surface area (Å²) in [7, 11) is 3.54. The van der Waals surface area contributed by atoms with Crippen LogP contribution < -0.4 is 20.7 Å². The number of hydrogen-bond donors (Lipinski definition) is 3. The fourth-order valence-electron chi connectivity index (χ4n) is 3.72. The first kappa shape index (κ1) is 18.9. The lowest BCUT2D eigenvalue weighted by molar-refractivity contribution is 0.0958. The molecule has 0 saturated heterocycles. The van der Waals surface area contributed by atoms with Crippen molar-refractivity contribution in [3.63, 3.8) is 0 Å². The third-order valence-corrected chi connectivity index (χ3v) is 5.35. The van der Waals surface area contributed by atoms with Gasteiger partial charge in [-0.2, -0.15) is 0 Å². The number of imidazole rings is 1. The highest BCUT2D eigenvalue weighted by Gasteiger charge is 2.13. The average molecular weight is 414 g/mol. The second-order valence-corrected chi connectivity index (χ2v) is 7.38.